The number of hydrogen-bond acceptors (Lipinski definition) is 6. The van der Waals surface area contributed by atoms with Crippen LogP contribution in [-0.2, 0) is 30.5 Å². The third-order valence-electron chi connectivity index (χ3n) is 8.07. The first kappa shape index (κ1) is 34.0. The van der Waals surface area contributed by atoms with Crippen molar-refractivity contribution in [1.82, 2.24) is 23.9 Å². The van der Waals surface area contributed by atoms with Gasteiger partial charge >= 0.3 is 12.1 Å². The number of carboxylic acids is 1. The molecule has 0 saturated heterocycles. The summed E-state index contributed by atoms with van der Waals surface area (Å²) in [6, 6.07) is 17.7. The number of aromatic nitrogens is 5. The van der Waals surface area contributed by atoms with E-state index in [0.717, 1.165) is 50.7 Å². The molecule has 0 saturated carbocycles. The largest absolute Gasteiger partial charge is 0.487 e. The Balaban J connectivity index is 1.37. The first-order chi connectivity index (χ1) is 23.1. The van der Waals surface area contributed by atoms with Gasteiger partial charge in [0.05, 0.1) is 22.4 Å². The number of halogens is 3. The van der Waals surface area contributed by atoms with Crippen LogP contribution in [0.3, 0.4) is 0 Å². The molecule has 0 unspecified atom stereocenters. The number of imidazole rings is 1. The molecule has 0 aliphatic rings. The zero-order valence-corrected chi connectivity index (χ0v) is 28.6. The molecule has 0 atom stereocenters. The summed E-state index contributed by atoms with van der Waals surface area (Å²) in [5.41, 5.74) is 3.59. The molecule has 1 N–H and O–H groups in total. The van der Waals surface area contributed by atoms with Crippen molar-refractivity contribution < 1.29 is 27.8 Å². The van der Waals surface area contributed by atoms with Gasteiger partial charge in [-0.1, -0.05) is 45.0 Å². The summed E-state index contributed by atoms with van der Waals surface area (Å²) in [5.74, 6) is -0.232. The smallest absolute Gasteiger partial charge is 0.417 e. The number of rotatable bonds is 10. The Morgan fingerprint density at radius 2 is 1.73 bits per heavy atom. The van der Waals surface area contributed by atoms with Crippen molar-refractivity contribution in [2.45, 2.75) is 70.0 Å². The quantitative estimate of drug-likeness (QED) is 0.144. The summed E-state index contributed by atoms with van der Waals surface area (Å²) >= 11 is 1.69. The number of hydrogen-bond donors (Lipinski definition) is 1. The lowest BCUT2D eigenvalue weighted by atomic mass is 9.88. The van der Waals surface area contributed by atoms with Crippen molar-refractivity contribution in [2.75, 3.05) is 0 Å². The Kier molecular flexibility index (Phi) is 8.95. The normalized spacial score (nSPS) is 12.6. The molecule has 0 radical (unpaired) electrons. The van der Waals surface area contributed by atoms with Crippen LogP contribution in [0.15, 0.2) is 90.5 Å². The van der Waals surface area contributed by atoms with E-state index in [1.165, 1.54) is 6.07 Å². The van der Waals surface area contributed by atoms with E-state index < -0.39 is 23.1 Å². The Morgan fingerprint density at radius 3 is 2.37 bits per heavy atom. The highest BCUT2D eigenvalue weighted by molar-refractivity contribution is 8.00. The summed E-state index contributed by atoms with van der Waals surface area (Å²) in [4.78, 5) is 26.1. The molecule has 0 spiro atoms. The fourth-order valence-corrected chi connectivity index (χ4v) is 6.72. The number of benzene rings is 2. The number of aliphatic carboxylic acids is 1. The number of alkyl halides is 3. The molecule has 0 aliphatic heterocycles. The van der Waals surface area contributed by atoms with E-state index in [4.69, 9.17) is 4.74 Å². The van der Waals surface area contributed by atoms with E-state index >= 15 is 0 Å². The minimum Gasteiger partial charge on any atom is -0.487 e. The monoisotopic (exact) mass is 687 g/mol. The average molecular weight is 688 g/mol. The van der Waals surface area contributed by atoms with Crippen molar-refractivity contribution in [3.63, 3.8) is 0 Å². The second-order valence-electron chi connectivity index (χ2n) is 13.6. The number of fused-ring (bicyclic) bond motifs is 2. The topological polar surface area (TPSA) is 94.5 Å². The summed E-state index contributed by atoms with van der Waals surface area (Å²) in [6.07, 6.45) is 1.93. The van der Waals surface area contributed by atoms with Crippen LogP contribution in [0.1, 0.15) is 57.1 Å². The van der Waals surface area contributed by atoms with Gasteiger partial charge in [-0.05, 0) is 55.8 Å². The second kappa shape index (κ2) is 12.9. The third-order valence-corrected chi connectivity index (χ3v) is 9.34. The minimum atomic E-state index is -4.45. The standard InChI is InChI=1S/C37H36F3N5O3S/c1-35(2,3)49-33-28-16-27(48-21-26-20-44-22-41-15-14-32(44)43-26)11-13-30(28)45(31(33)17-36(4,5)34(46)47)19-23-6-8-24(9-7-23)29-12-10-25(18-42-29)37(38,39)40/h6-16,18,20,22H,17,19,21H2,1-5H3,(H,46,47). The molecule has 0 bridgehead atoms. The van der Waals surface area contributed by atoms with Gasteiger partial charge in [-0.2, -0.15) is 13.2 Å². The molecule has 4 heterocycles. The van der Waals surface area contributed by atoms with Crippen molar-refractivity contribution >= 4 is 34.3 Å². The lowest BCUT2D eigenvalue weighted by Gasteiger charge is -2.24. The Bertz CT molecular complexity index is 2100. The van der Waals surface area contributed by atoms with Gasteiger partial charge < -0.3 is 14.4 Å². The van der Waals surface area contributed by atoms with Gasteiger partial charge in [0.25, 0.3) is 0 Å². The van der Waals surface area contributed by atoms with E-state index in [0.29, 0.717) is 23.6 Å². The maximum Gasteiger partial charge on any atom is 0.417 e. The number of ether oxygens (including phenoxy) is 1. The van der Waals surface area contributed by atoms with Crippen LogP contribution in [0, 0.1) is 5.41 Å². The lowest BCUT2D eigenvalue weighted by molar-refractivity contribution is -0.147. The van der Waals surface area contributed by atoms with Gasteiger partial charge in [-0.15, -0.1) is 11.8 Å². The van der Waals surface area contributed by atoms with Gasteiger partial charge in [0, 0.05) is 63.4 Å². The van der Waals surface area contributed by atoms with Crippen LogP contribution < -0.4 is 4.74 Å². The number of carboxylic acid groups (broad SMARTS) is 1. The summed E-state index contributed by atoms with van der Waals surface area (Å²) in [6.45, 7) is 10.5. The highest BCUT2D eigenvalue weighted by Crippen LogP contribution is 2.44. The summed E-state index contributed by atoms with van der Waals surface area (Å²) in [5, 5.41) is 11.1. The second-order valence-corrected chi connectivity index (χ2v) is 15.5. The van der Waals surface area contributed by atoms with Crippen LogP contribution in [0.5, 0.6) is 5.75 Å². The third kappa shape index (κ3) is 7.59. The van der Waals surface area contributed by atoms with Crippen LogP contribution >= 0.6 is 11.8 Å². The van der Waals surface area contributed by atoms with Crippen molar-refractivity contribution in [2.24, 2.45) is 5.41 Å². The van der Waals surface area contributed by atoms with Gasteiger partial charge in [0.15, 0.2) is 0 Å². The van der Waals surface area contributed by atoms with Gasteiger partial charge in [-0.25, -0.2) is 9.97 Å². The number of thioether (sulfide) groups is 1. The Hall–Kier alpha value is -4.84. The number of carbonyl (C=O) groups is 1. The fraction of sp³-hybridized carbons (Fsp3) is 0.297. The molecule has 8 nitrogen and oxygen atoms in total. The predicted octanol–water partition coefficient (Wildman–Crippen LogP) is 8.94. The van der Waals surface area contributed by atoms with Crippen LogP contribution in [0.4, 0.5) is 13.2 Å². The minimum absolute atomic E-state index is 0.182. The molecular weight excluding hydrogens is 651 g/mol. The predicted molar refractivity (Wildman–Crippen MR) is 184 cm³/mol. The Labute approximate surface area is 286 Å². The molecule has 4 aromatic heterocycles. The summed E-state index contributed by atoms with van der Waals surface area (Å²) < 4.78 is 49.2. The molecule has 0 aliphatic carbocycles. The molecule has 6 rings (SSSR count). The number of pyridine rings is 1. The van der Waals surface area contributed by atoms with E-state index in [9.17, 15) is 23.1 Å². The SMILES string of the molecule is CC(C)(C)Sc1c(CC(C)(C)C(=O)O)n(Cc2ccc(-c3ccc(C(F)(F)F)cn3)cc2)c2ccc(OCc3cn4cnccc4n3)cc12. The van der Waals surface area contributed by atoms with Gasteiger partial charge in [0.2, 0.25) is 0 Å². The van der Waals surface area contributed by atoms with E-state index in [-0.39, 0.29) is 17.8 Å². The lowest BCUT2D eigenvalue weighted by Crippen LogP contribution is -2.28. The molecule has 2 aromatic carbocycles. The zero-order chi connectivity index (χ0) is 35.1. The van der Waals surface area contributed by atoms with Crippen LogP contribution in [-0.4, -0.2) is 39.7 Å². The van der Waals surface area contributed by atoms with Gasteiger partial charge in [0.1, 0.15) is 24.3 Å². The first-order valence-electron chi connectivity index (χ1n) is 15.7. The maximum absolute atomic E-state index is 13.0. The van der Waals surface area contributed by atoms with Crippen LogP contribution in [0.25, 0.3) is 27.8 Å². The van der Waals surface area contributed by atoms with Crippen molar-refractivity contribution in [3.8, 4) is 17.0 Å². The molecule has 254 valence electrons. The summed E-state index contributed by atoms with van der Waals surface area (Å²) in [7, 11) is 0. The molecule has 0 amide bonds. The highest BCUT2D eigenvalue weighted by Gasteiger charge is 2.33. The molecule has 12 heteroatoms. The highest BCUT2D eigenvalue weighted by atomic mass is 32.2. The maximum atomic E-state index is 13.0. The van der Waals surface area contributed by atoms with E-state index in [2.05, 4.69) is 40.3 Å². The van der Waals surface area contributed by atoms with Crippen molar-refractivity contribution in [1.29, 1.82) is 0 Å². The average Bonchev–Trinajstić information content (AvgIpc) is 3.57. The molecule has 0 fully saturated rings. The number of nitrogens with zero attached hydrogens (tertiary/aromatic N) is 5. The Morgan fingerprint density at radius 1 is 0.980 bits per heavy atom. The first-order valence-corrected chi connectivity index (χ1v) is 16.5. The van der Waals surface area contributed by atoms with Crippen molar-refractivity contribution in [3.05, 3.63) is 108 Å². The van der Waals surface area contributed by atoms with Gasteiger partial charge in [-0.3, -0.25) is 14.2 Å². The fourth-order valence-electron chi connectivity index (χ4n) is 5.54. The van der Waals surface area contributed by atoms with E-state index in [1.807, 2.05) is 59.1 Å². The zero-order valence-electron chi connectivity index (χ0n) is 27.7. The van der Waals surface area contributed by atoms with Crippen LogP contribution in [0.2, 0.25) is 0 Å². The molecular formula is C37H36F3N5O3S. The van der Waals surface area contributed by atoms with E-state index in [1.54, 1.807) is 38.1 Å². The molecule has 49 heavy (non-hydrogen) atoms. The molecule has 6 aromatic rings.